The highest BCUT2D eigenvalue weighted by atomic mass is 30.5. The molecule has 0 atom stereocenters. The molecule has 38 heavy (non-hydrogen) atoms. The zero-order chi connectivity index (χ0) is 29.6. The van der Waals surface area contributed by atoms with E-state index in [-0.39, 0.29) is 0 Å². The Morgan fingerprint density at radius 2 is 0.658 bits per heavy atom. The first-order valence-electron chi connectivity index (χ1n) is 16.5. The van der Waals surface area contributed by atoms with Crippen molar-refractivity contribution in [2.75, 3.05) is 0 Å². The molecule has 9 heteroatoms. The van der Waals surface area contributed by atoms with Gasteiger partial charge in [0.2, 0.25) is 0 Å². The van der Waals surface area contributed by atoms with Gasteiger partial charge in [-0.05, 0) is 66.9 Å². The van der Waals surface area contributed by atoms with E-state index in [0.717, 1.165) is 23.2 Å². The molecule has 0 amide bonds. The Morgan fingerprint density at radius 1 is 0.421 bits per heavy atom. The van der Waals surface area contributed by atoms with Gasteiger partial charge in [0.15, 0.2) is 0 Å². The Kier molecular flexibility index (Phi) is 7.59. The Balaban J connectivity index is 2.30. The monoisotopic (exact) mass is 669 g/mol. The van der Waals surface area contributed by atoms with Crippen molar-refractivity contribution in [3.63, 3.8) is 0 Å². The summed E-state index contributed by atoms with van der Waals surface area (Å²) in [6.07, 6.45) is 8.43. The van der Waals surface area contributed by atoms with Crippen LogP contribution in [0.4, 0.5) is 0 Å². The van der Waals surface area contributed by atoms with Gasteiger partial charge in [-0.3, -0.25) is 0 Å². The fourth-order valence-electron chi connectivity index (χ4n) is 15.5. The SMILES string of the molecule is C[Si](C)(C)[Si]1([Si](C)(C)C)[C](C23CC4CC(CC(C4)C2)C3)[Si]([Si](C)(C)C)([Si](C)(C)C)[Si]1([Si](C)(C)C)[Si](C)(C)C. The van der Waals surface area contributed by atoms with Crippen LogP contribution in [-0.4, -0.2) is 64.9 Å². The summed E-state index contributed by atoms with van der Waals surface area (Å²) >= 11 is 0. The van der Waals surface area contributed by atoms with Gasteiger partial charge >= 0.3 is 0 Å². The molecule has 221 valence electrons. The Labute approximate surface area is 248 Å². The summed E-state index contributed by atoms with van der Waals surface area (Å²) in [5.41, 5.74) is 0.740. The number of hydrogen-bond donors (Lipinski definition) is 0. The maximum atomic E-state index is 3.04. The van der Waals surface area contributed by atoms with Gasteiger partial charge in [0.1, 0.15) is 0 Å². The van der Waals surface area contributed by atoms with Gasteiger partial charge < -0.3 is 0 Å². The largest absolute Gasteiger partial charge is 0.0721 e. The highest BCUT2D eigenvalue weighted by molar-refractivity contribution is 8.36. The maximum Gasteiger partial charge on any atom is 0.0343 e. The molecule has 4 bridgehead atoms. The molecule has 1 heterocycles. The quantitative estimate of drug-likeness (QED) is 0.237. The van der Waals surface area contributed by atoms with Crippen molar-refractivity contribution in [1.29, 1.82) is 0 Å². The Bertz CT molecular complexity index is 824. The molecule has 0 unspecified atom stereocenters. The lowest BCUT2D eigenvalue weighted by atomic mass is 9.50. The Hall–Kier alpha value is 1.95. The van der Waals surface area contributed by atoms with Crippen LogP contribution in [0.15, 0.2) is 0 Å². The summed E-state index contributed by atoms with van der Waals surface area (Å²) in [7, 11) is -8.38. The van der Waals surface area contributed by atoms with Crippen LogP contribution in [0, 0.1) is 28.3 Å². The van der Waals surface area contributed by atoms with Gasteiger partial charge in [0.05, 0.1) is 0 Å². The van der Waals surface area contributed by atoms with Crippen LogP contribution in [0.3, 0.4) is 0 Å². The molecule has 0 aromatic rings. The molecule has 1 radical (unpaired) electrons. The molecule has 5 rings (SSSR count). The summed E-state index contributed by atoms with van der Waals surface area (Å²) in [6.45, 7) is 51.3. The predicted molar refractivity (Wildman–Crippen MR) is 201 cm³/mol. The van der Waals surface area contributed by atoms with Crippen LogP contribution in [0.1, 0.15) is 38.5 Å². The van der Waals surface area contributed by atoms with Crippen LogP contribution < -0.4 is 0 Å². The van der Waals surface area contributed by atoms with Crippen molar-refractivity contribution in [3.8, 4) is 0 Å². The van der Waals surface area contributed by atoms with E-state index in [0.29, 0.717) is 0 Å². The van der Waals surface area contributed by atoms with Crippen LogP contribution >= 0.6 is 0 Å². The summed E-state index contributed by atoms with van der Waals surface area (Å²) in [6, 6.07) is 0. The van der Waals surface area contributed by atoms with Gasteiger partial charge in [-0.25, -0.2) is 0 Å². The molecule has 0 nitrogen and oxygen atoms in total. The van der Waals surface area contributed by atoms with E-state index < -0.39 is 64.9 Å². The standard InChI is InChI=1S/C29H69Si9/c1-30(2,3)36(31(4,5)6)28(29-22-25-19-26(23-29)21-27(20-25)24-29)37(32(7,8)9,33(10,11)12)38(36,34(13,14)15)35(16,17)18/h25-27H,19-24H2,1-18H3. The van der Waals surface area contributed by atoms with Gasteiger partial charge in [0, 0.05) is 64.9 Å². The molecular weight excluding hydrogens is 601 g/mol. The minimum Gasteiger partial charge on any atom is -0.0721 e. The molecule has 0 N–H and O–H groups in total. The third-order valence-corrected chi connectivity index (χ3v) is 245. The van der Waals surface area contributed by atoms with E-state index in [4.69, 9.17) is 0 Å². The topological polar surface area (TPSA) is 0 Å². The van der Waals surface area contributed by atoms with E-state index in [9.17, 15) is 0 Å². The zero-order valence-corrected chi connectivity index (χ0v) is 38.5. The highest BCUT2D eigenvalue weighted by Gasteiger charge is 2.97. The lowest BCUT2D eigenvalue weighted by molar-refractivity contribution is -0.0328. The normalized spacial score (nSPS) is 35.4. The summed E-state index contributed by atoms with van der Waals surface area (Å²) in [5.74, 6) is 3.32. The molecule has 0 spiro atoms. The molecule has 0 aromatic heterocycles. The average molecular weight is 671 g/mol. The minimum atomic E-state index is -1.58. The van der Waals surface area contributed by atoms with Crippen molar-refractivity contribution in [2.24, 2.45) is 23.2 Å². The Morgan fingerprint density at radius 3 is 0.842 bits per heavy atom. The average Bonchev–Trinajstić information content (AvgIpc) is 2.51. The van der Waals surface area contributed by atoms with Crippen LogP contribution in [0.2, 0.25) is 118 Å². The van der Waals surface area contributed by atoms with Gasteiger partial charge in [0.25, 0.3) is 0 Å². The highest BCUT2D eigenvalue weighted by Crippen LogP contribution is 2.77. The van der Waals surface area contributed by atoms with Crippen LogP contribution in [0.5, 0.6) is 0 Å². The van der Waals surface area contributed by atoms with Crippen molar-refractivity contribution >= 4 is 64.9 Å². The molecule has 5 aliphatic rings. The zero-order valence-electron chi connectivity index (χ0n) is 29.5. The summed E-state index contributed by atoms with van der Waals surface area (Å²) in [4.78, 5) is 0. The molecule has 4 saturated carbocycles. The van der Waals surface area contributed by atoms with Gasteiger partial charge in [-0.1, -0.05) is 118 Å². The molecule has 5 fully saturated rings. The predicted octanol–water partition coefficient (Wildman–Crippen LogP) is 9.87. The molecule has 1 aliphatic heterocycles. The smallest absolute Gasteiger partial charge is 0.0343 e. The third kappa shape index (κ3) is 3.66. The third-order valence-electron chi connectivity index (χ3n) is 13.2. The molecule has 1 saturated heterocycles. The first-order valence-corrected chi connectivity index (χ1v) is 51.5. The first kappa shape index (κ1) is 32.9. The maximum absolute atomic E-state index is 3.04. The van der Waals surface area contributed by atoms with Crippen LogP contribution in [-0.2, 0) is 0 Å². The summed E-state index contributed by atoms with van der Waals surface area (Å²) in [5, 5.41) is 2.73. The second-order valence-corrected chi connectivity index (χ2v) is 122. The van der Waals surface area contributed by atoms with Crippen molar-refractivity contribution < 1.29 is 0 Å². The lowest BCUT2D eigenvalue weighted by Gasteiger charge is -2.93. The van der Waals surface area contributed by atoms with Crippen molar-refractivity contribution in [3.05, 3.63) is 5.16 Å². The van der Waals surface area contributed by atoms with Crippen LogP contribution in [0.25, 0.3) is 0 Å². The molecular formula is C29H69Si9. The van der Waals surface area contributed by atoms with Gasteiger partial charge in [-0.2, -0.15) is 0 Å². The number of rotatable bonds is 7. The van der Waals surface area contributed by atoms with E-state index in [1.54, 1.807) is 38.5 Å². The second-order valence-electron chi connectivity index (χ2n) is 21.3. The summed E-state index contributed by atoms with van der Waals surface area (Å²) < 4.78 is 0. The number of hydrogen-bond acceptors (Lipinski definition) is 0. The second kappa shape index (κ2) is 8.78. The lowest BCUT2D eigenvalue weighted by Crippen LogP contribution is -3.21. The van der Waals surface area contributed by atoms with E-state index in [1.165, 1.54) is 0 Å². The van der Waals surface area contributed by atoms with Crippen molar-refractivity contribution in [1.82, 2.24) is 0 Å². The first-order chi connectivity index (χ1) is 16.6. The minimum absolute atomic E-state index is 0.740. The van der Waals surface area contributed by atoms with E-state index in [2.05, 4.69) is 123 Å². The van der Waals surface area contributed by atoms with Gasteiger partial charge in [-0.15, -0.1) is 0 Å². The van der Waals surface area contributed by atoms with E-state index >= 15 is 0 Å². The van der Waals surface area contributed by atoms with E-state index in [1.807, 2.05) is 0 Å². The van der Waals surface area contributed by atoms with Crippen molar-refractivity contribution in [2.45, 2.75) is 156 Å². The molecule has 4 aliphatic carbocycles. The fraction of sp³-hybridized carbons (Fsp3) is 0.966. The fourth-order valence-corrected chi connectivity index (χ4v) is 532. The molecule has 0 aromatic carbocycles.